The molecule has 2 aliphatic rings. The SMILES string of the molecule is Cl.Cl.OCCC/C(=C(\c1ccc(O)cc1)c1ccc(N2CCN(C3CCCC3)CC2)cc1)c1ccccc1. The van der Waals surface area contributed by atoms with Crippen molar-refractivity contribution in [3.63, 3.8) is 0 Å². The van der Waals surface area contributed by atoms with Crippen LogP contribution in [0.3, 0.4) is 0 Å². The number of phenols is 1. The number of hydrogen-bond acceptors (Lipinski definition) is 4. The minimum absolute atomic E-state index is 0. The maximum absolute atomic E-state index is 9.92. The van der Waals surface area contributed by atoms with Crippen LogP contribution in [0.1, 0.15) is 55.2 Å². The average Bonchev–Trinajstić information content (AvgIpc) is 3.48. The maximum atomic E-state index is 9.92. The first-order valence-electron chi connectivity index (χ1n) is 13.5. The molecule has 2 fully saturated rings. The minimum Gasteiger partial charge on any atom is -0.508 e. The Kier molecular flexibility index (Phi) is 11.5. The topological polar surface area (TPSA) is 46.9 Å². The normalized spacial score (nSPS) is 16.9. The Labute approximate surface area is 239 Å². The molecule has 1 heterocycles. The molecule has 38 heavy (non-hydrogen) atoms. The van der Waals surface area contributed by atoms with E-state index in [1.807, 2.05) is 18.2 Å². The fraction of sp³-hybridized carbons (Fsp3) is 0.375. The van der Waals surface area contributed by atoms with Gasteiger partial charge in [-0.25, -0.2) is 0 Å². The molecule has 1 aliphatic heterocycles. The number of aliphatic hydroxyl groups is 1. The second kappa shape index (κ2) is 14.6. The molecular formula is C32H40Cl2N2O2. The number of piperazine rings is 1. The quantitative estimate of drug-likeness (QED) is 0.293. The lowest BCUT2D eigenvalue weighted by molar-refractivity contribution is 0.187. The molecule has 3 aromatic rings. The number of rotatable bonds is 8. The summed E-state index contributed by atoms with van der Waals surface area (Å²) in [4.78, 5) is 5.22. The molecule has 5 rings (SSSR count). The number of halogens is 2. The summed E-state index contributed by atoms with van der Waals surface area (Å²) < 4.78 is 0. The summed E-state index contributed by atoms with van der Waals surface area (Å²) in [5.74, 6) is 0.266. The Bertz CT molecular complexity index is 1140. The summed E-state index contributed by atoms with van der Waals surface area (Å²) in [6.45, 7) is 4.64. The third-order valence-corrected chi connectivity index (χ3v) is 7.84. The lowest BCUT2D eigenvalue weighted by Gasteiger charge is -2.39. The maximum Gasteiger partial charge on any atom is 0.115 e. The van der Waals surface area contributed by atoms with Gasteiger partial charge in [-0.15, -0.1) is 24.8 Å². The molecule has 4 nitrogen and oxygen atoms in total. The van der Waals surface area contributed by atoms with Crippen molar-refractivity contribution >= 4 is 41.6 Å². The molecule has 2 N–H and O–H groups in total. The molecule has 0 spiro atoms. The van der Waals surface area contributed by atoms with Gasteiger partial charge in [0, 0.05) is 44.5 Å². The van der Waals surface area contributed by atoms with E-state index < -0.39 is 0 Å². The van der Waals surface area contributed by atoms with Crippen molar-refractivity contribution < 1.29 is 10.2 Å². The van der Waals surface area contributed by atoms with Gasteiger partial charge < -0.3 is 15.1 Å². The zero-order chi connectivity index (χ0) is 24.7. The van der Waals surface area contributed by atoms with Gasteiger partial charge in [-0.1, -0.05) is 67.4 Å². The number of benzene rings is 3. The van der Waals surface area contributed by atoms with Crippen molar-refractivity contribution in [2.45, 2.75) is 44.6 Å². The Morgan fingerprint density at radius 2 is 1.29 bits per heavy atom. The molecule has 0 unspecified atom stereocenters. The summed E-state index contributed by atoms with van der Waals surface area (Å²) in [7, 11) is 0. The van der Waals surface area contributed by atoms with Crippen molar-refractivity contribution in [1.29, 1.82) is 0 Å². The van der Waals surface area contributed by atoms with Gasteiger partial charge in [-0.05, 0) is 77.8 Å². The molecule has 0 radical (unpaired) electrons. The van der Waals surface area contributed by atoms with Gasteiger partial charge in [0.15, 0.2) is 0 Å². The smallest absolute Gasteiger partial charge is 0.115 e. The number of phenolic OH excluding ortho intramolecular Hbond substituents is 1. The number of allylic oxidation sites excluding steroid dienone is 1. The summed E-state index contributed by atoms with van der Waals surface area (Å²) in [6.07, 6.45) is 7.03. The molecule has 0 atom stereocenters. The Morgan fingerprint density at radius 3 is 1.87 bits per heavy atom. The first-order valence-corrected chi connectivity index (χ1v) is 13.5. The van der Waals surface area contributed by atoms with Crippen LogP contribution in [-0.4, -0.2) is 53.9 Å². The minimum atomic E-state index is 0. The van der Waals surface area contributed by atoms with Crippen LogP contribution >= 0.6 is 24.8 Å². The largest absolute Gasteiger partial charge is 0.508 e. The van der Waals surface area contributed by atoms with Crippen molar-refractivity contribution in [3.8, 4) is 5.75 Å². The van der Waals surface area contributed by atoms with Gasteiger partial charge in [-0.3, -0.25) is 4.90 Å². The van der Waals surface area contributed by atoms with Crippen LogP contribution < -0.4 is 4.90 Å². The van der Waals surface area contributed by atoms with Crippen LogP contribution in [0.4, 0.5) is 5.69 Å². The van der Waals surface area contributed by atoms with Crippen molar-refractivity contribution in [2.24, 2.45) is 0 Å². The Hall–Kier alpha value is -2.50. The van der Waals surface area contributed by atoms with E-state index in [0.29, 0.717) is 6.42 Å². The molecular weight excluding hydrogens is 515 g/mol. The molecule has 3 aromatic carbocycles. The summed E-state index contributed by atoms with van der Waals surface area (Å²) >= 11 is 0. The lowest BCUT2D eigenvalue weighted by Crippen LogP contribution is -2.49. The first-order chi connectivity index (χ1) is 17.7. The molecule has 0 bridgehead atoms. The predicted octanol–water partition coefficient (Wildman–Crippen LogP) is 7.03. The van der Waals surface area contributed by atoms with E-state index in [-0.39, 0.29) is 37.2 Å². The van der Waals surface area contributed by atoms with Crippen LogP contribution in [-0.2, 0) is 0 Å². The number of nitrogens with zero attached hydrogens (tertiary/aromatic N) is 2. The first kappa shape index (κ1) is 30.0. The Morgan fingerprint density at radius 1 is 0.711 bits per heavy atom. The lowest BCUT2D eigenvalue weighted by atomic mass is 9.87. The molecule has 1 saturated carbocycles. The molecule has 1 saturated heterocycles. The fourth-order valence-electron chi connectivity index (χ4n) is 5.91. The van der Waals surface area contributed by atoms with Gasteiger partial charge in [0.25, 0.3) is 0 Å². The van der Waals surface area contributed by atoms with Gasteiger partial charge in [-0.2, -0.15) is 0 Å². The molecule has 204 valence electrons. The number of hydrogen-bond donors (Lipinski definition) is 2. The van der Waals surface area contributed by atoms with Crippen LogP contribution in [0.2, 0.25) is 0 Å². The standard InChI is InChI=1S/C32H38N2O2.2ClH/c35-24-6-11-31(25-7-2-1-3-8-25)32(27-14-18-30(36)19-15-27)26-12-16-29(17-13-26)34-22-20-33(21-23-34)28-9-4-5-10-28;;/h1-3,7-8,12-19,28,35-36H,4-6,9-11,20-24H2;2*1H/b32-31+;;. The second-order valence-electron chi connectivity index (χ2n) is 10.1. The van der Waals surface area contributed by atoms with E-state index in [2.05, 4.69) is 58.3 Å². The number of aromatic hydroxyl groups is 1. The van der Waals surface area contributed by atoms with E-state index in [1.54, 1.807) is 12.1 Å². The highest BCUT2D eigenvalue weighted by Gasteiger charge is 2.26. The van der Waals surface area contributed by atoms with Gasteiger partial charge in [0.05, 0.1) is 0 Å². The van der Waals surface area contributed by atoms with Crippen molar-refractivity contribution in [3.05, 3.63) is 95.6 Å². The van der Waals surface area contributed by atoms with Crippen molar-refractivity contribution in [1.82, 2.24) is 4.90 Å². The zero-order valence-corrected chi connectivity index (χ0v) is 23.6. The van der Waals surface area contributed by atoms with Gasteiger partial charge >= 0.3 is 0 Å². The molecule has 0 amide bonds. The number of aliphatic hydroxyl groups excluding tert-OH is 1. The predicted molar refractivity (Wildman–Crippen MR) is 164 cm³/mol. The summed E-state index contributed by atoms with van der Waals surface area (Å²) in [5.41, 5.74) is 7.06. The highest BCUT2D eigenvalue weighted by molar-refractivity contribution is 5.98. The summed E-state index contributed by atoms with van der Waals surface area (Å²) in [6, 6.07) is 27.7. The monoisotopic (exact) mass is 554 g/mol. The van der Waals surface area contributed by atoms with E-state index in [1.165, 1.54) is 42.5 Å². The fourth-order valence-corrected chi connectivity index (χ4v) is 5.91. The van der Waals surface area contributed by atoms with Crippen LogP contribution in [0.5, 0.6) is 5.75 Å². The van der Waals surface area contributed by atoms with Crippen LogP contribution in [0, 0.1) is 0 Å². The average molecular weight is 556 g/mol. The Balaban J connectivity index is 0.00000200. The van der Waals surface area contributed by atoms with E-state index >= 15 is 0 Å². The van der Waals surface area contributed by atoms with E-state index in [9.17, 15) is 10.2 Å². The third-order valence-electron chi connectivity index (χ3n) is 7.84. The van der Waals surface area contributed by atoms with Crippen LogP contribution in [0.15, 0.2) is 78.9 Å². The van der Waals surface area contributed by atoms with Crippen molar-refractivity contribution in [2.75, 3.05) is 37.7 Å². The molecule has 0 aromatic heterocycles. The van der Waals surface area contributed by atoms with E-state index in [4.69, 9.17) is 0 Å². The third kappa shape index (κ3) is 7.12. The molecule has 1 aliphatic carbocycles. The highest BCUT2D eigenvalue weighted by atomic mass is 35.5. The molecule has 6 heteroatoms. The summed E-state index contributed by atoms with van der Waals surface area (Å²) in [5, 5.41) is 19.5. The highest BCUT2D eigenvalue weighted by Crippen LogP contribution is 2.36. The van der Waals surface area contributed by atoms with Crippen LogP contribution in [0.25, 0.3) is 11.1 Å². The van der Waals surface area contributed by atoms with E-state index in [0.717, 1.165) is 55.3 Å². The van der Waals surface area contributed by atoms with Gasteiger partial charge in [0.2, 0.25) is 0 Å². The zero-order valence-electron chi connectivity index (χ0n) is 22.0. The number of anilines is 1. The second-order valence-corrected chi connectivity index (χ2v) is 10.1. The van der Waals surface area contributed by atoms with Gasteiger partial charge in [0.1, 0.15) is 5.75 Å².